The summed E-state index contributed by atoms with van der Waals surface area (Å²) in [5.41, 5.74) is 2.53. The van der Waals surface area contributed by atoms with E-state index in [1.54, 1.807) is 38.1 Å². The lowest BCUT2D eigenvalue weighted by Gasteiger charge is -2.11. The van der Waals surface area contributed by atoms with Gasteiger partial charge in [0, 0.05) is 11.3 Å². The Morgan fingerprint density at radius 1 is 1.08 bits per heavy atom. The molecule has 0 aliphatic carbocycles. The monoisotopic (exact) mass is 349 g/mol. The predicted octanol–water partition coefficient (Wildman–Crippen LogP) is 2.46. The van der Waals surface area contributed by atoms with Crippen LogP contribution in [0.3, 0.4) is 0 Å². The summed E-state index contributed by atoms with van der Waals surface area (Å²) in [7, 11) is -3.48. The number of anilines is 2. The van der Waals surface area contributed by atoms with Crippen LogP contribution in [0.25, 0.3) is 0 Å². The van der Waals surface area contributed by atoms with Crippen LogP contribution in [0.4, 0.5) is 11.4 Å². The average Bonchev–Trinajstić information content (AvgIpc) is 2.74. The number of sulfonamides is 1. The van der Waals surface area contributed by atoms with Crippen molar-refractivity contribution in [2.45, 2.75) is 20.8 Å². The Balaban J connectivity index is 2.35. The van der Waals surface area contributed by atoms with Crippen LogP contribution in [0.1, 0.15) is 39.0 Å². The first-order chi connectivity index (χ1) is 11.1. The molecule has 1 aromatic heterocycles. The van der Waals surface area contributed by atoms with Gasteiger partial charge >= 0.3 is 0 Å². The van der Waals surface area contributed by atoms with Gasteiger partial charge in [0.1, 0.15) is 5.69 Å². The van der Waals surface area contributed by atoms with Gasteiger partial charge in [0.05, 0.1) is 17.6 Å². The normalized spacial score (nSPS) is 11.2. The maximum atomic E-state index is 12.5. The summed E-state index contributed by atoms with van der Waals surface area (Å²) in [6, 6.07) is 6.46. The number of aryl methyl sites for hydroxylation is 1. The summed E-state index contributed by atoms with van der Waals surface area (Å²) < 4.78 is 25.2. The molecule has 0 radical (unpaired) electrons. The zero-order valence-electron chi connectivity index (χ0n) is 13.9. The number of benzene rings is 1. The van der Waals surface area contributed by atoms with Crippen molar-refractivity contribution >= 4 is 33.1 Å². The van der Waals surface area contributed by atoms with Crippen molar-refractivity contribution < 1.29 is 18.0 Å². The molecule has 0 aliphatic rings. The fourth-order valence-electron chi connectivity index (χ4n) is 2.57. The number of Topliss-reactive ketones (excluding diaryl/α,β-unsaturated/α-hetero) is 1. The molecule has 2 rings (SSSR count). The molecule has 0 atom stereocenters. The molecule has 0 saturated heterocycles. The fourth-order valence-corrected chi connectivity index (χ4v) is 3.15. The van der Waals surface area contributed by atoms with E-state index in [-0.39, 0.29) is 17.2 Å². The molecule has 8 heteroatoms. The highest BCUT2D eigenvalue weighted by atomic mass is 32.2. The Hall–Kier alpha value is -2.61. The Kier molecular flexibility index (Phi) is 4.79. The van der Waals surface area contributed by atoms with E-state index in [1.165, 1.54) is 6.92 Å². The number of hydrogen-bond acceptors (Lipinski definition) is 4. The van der Waals surface area contributed by atoms with Crippen LogP contribution >= 0.6 is 0 Å². The van der Waals surface area contributed by atoms with Crippen molar-refractivity contribution in [2.75, 3.05) is 16.3 Å². The van der Waals surface area contributed by atoms with Crippen molar-refractivity contribution in [3.05, 3.63) is 46.8 Å². The molecule has 24 heavy (non-hydrogen) atoms. The van der Waals surface area contributed by atoms with Crippen LogP contribution in [0.5, 0.6) is 0 Å². The molecule has 7 nitrogen and oxygen atoms in total. The predicted molar refractivity (Wildman–Crippen MR) is 93.1 cm³/mol. The van der Waals surface area contributed by atoms with Crippen molar-refractivity contribution in [2.24, 2.45) is 0 Å². The summed E-state index contributed by atoms with van der Waals surface area (Å²) in [4.78, 5) is 27.1. The number of carbonyl (C=O) groups excluding carboxylic acids is 2. The minimum Gasteiger partial charge on any atom is -0.354 e. The molecule has 2 aromatic rings. The lowest BCUT2D eigenvalue weighted by molar-refractivity contribution is 0.101. The van der Waals surface area contributed by atoms with Crippen molar-refractivity contribution in [1.82, 2.24) is 4.98 Å². The van der Waals surface area contributed by atoms with E-state index < -0.39 is 15.9 Å². The van der Waals surface area contributed by atoms with Crippen molar-refractivity contribution in [1.29, 1.82) is 0 Å². The molecule has 1 amide bonds. The molecule has 0 aliphatic heterocycles. The smallest absolute Gasteiger partial charge is 0.272 e. The lowest BCUT2D eigenvalue weighted by atomic mass is 10.1. The van der Waals surface area contributed by atoms with Crippen LogP contribution < -0.4 is 10.0 Å². The third-order valence-corrected chi connectivity index (χ3v) is 4.08. The molecule has 1 heterocycles. The van der Waals surface area contributed by atoms with E-state index in [4.69, 9.17) is 0 Å². The van der Waals surface area contributed by atoms with Gasteiger partial charge in [-0.25, -0.2) is 8.42 Å². The third-order valence-electron chi connectivity index (χ3n) is 3.49. The number of nitrogens with one attached hydrogen (secondary N) is 3. The maximum Gasteiger partial charge on any atom is 0.272 e. The molecule has 0 saturated carbocycles. The summed E-state index contributed by atoms with van der Waals surface area (Å²) in [5.74, 6) is -0.578. The van der Waals surface area contributed by atoms with Crippen LogP contribution in [0.15, 0.2) is 24.3 Å². The van der Waals surface area contributed by atoms with Crippen molar-refractivity contribution in [3.8, 4) is 0 Å². The molecule has 0 spiro atoms. The second-order valence-corrected chi connectivity index (χ2v) is 7.30. The zero-order valence-corrected chi connectivity index (χ0v) is 14.7. The Morgan fingerprint density at radius 3 is 2.17 bits per heavy atom. The highest BCUT2D eigenvalue weighted by Crippen LogP contribution is 2.24. The van der Waals surface area contributed by atoms with E-state index in [0.29, 0.717) is 22.5 Å². The highest BCUT2D eigenvalue weighted by Gasteiger charge is 2.20. The first-order valence-electron chi connectivity index (χ1n) is 7.18. The highest BCUT2D eigenvalue weighted by molar-refractivity contribution is 7.92. The van der Waals surface area contributed by atoms with E-state index in [1.807, 2.05) is 0 Å². The summed E-state index contributed by atoms with van der Waals surface area (Å²) in [5, 5.41) is 2.66. The SMILES string of the molecule is CC(=O)c1c(C)[nH]c(C(=O)Nc2ccccc2NS(C)(=O)=O)c1C. The van der Waals surface area contributed by atoms with Gasteiger partial charge in [-0.05, 0) is 38.5 Å². The Morgan fingerprint density at radius 2 is 1.67 bits per heavy atom. The van der Waals surface area contributed by atoms with Gasteiger partial charge in [0.2, 0.25) is 10.0 Å². The standard InChI is InChI=1S/C16H19N3O4S/c1-9-14(11(3)20)10(2)17-15(9)16(21)18-12-7-5-6-8-13(12)19-24(4,22)23/h5-8,17,19H,1-4H3,(H,18,21). The zero-order chi connectivity index (χ0) is 18.1. The Labute approximate surface area is 140 Å². The number of aromatic nitrogens is 1. The second-order valence-electron chi connectivity index (χ2n) is 5.56. The summed E-state index contributed by atoms with van der Waals surface area (Å²) in [6.07, 6.45) is 1.03. The van der Waals surface area contributed by atoms with Gasteiger partial charge in [0.15, 0.2) is 5.78 Å². The average molecular weight is 349 g/mol. The number of ketones is 1. The number of rotatable bonds is 5. The van der Waals surface area contributed by atoms with Gasteiger partial charge < -0.3 is 10.3 Å². The van der Waals surface area contributed by atoms with E-state index in [9.17, 15) is 18.0 Å². The number of hydrogen-bond donors (Lipinski definition) is 3. The molecule has 0 bridgehead atoms. The number of carbonyl (C=O) groups is 2. The quantitative estimate of drug-likeness (QED) is 0.721. The first-order valence-corrected chi connectivity index (χ1v) is 9.07. The third kappa shape index (κ3) is 3.83. The van der Waals surface area contributed by atoms with E-state index in [2.05, 4.69) is 15.0 Å². The largest absolute Gasteiger partial charge is 0.354 e. The number of aromatic amines is 1. The van der Waals surface area contributed by atoms with E-state index >= 15 is 0 Å². The lowest BCUT2D eigenvalue weighted by Crippen LogP contribution is -2.17. The number of amides is 1. The summed E-state index contributed by atoms with van der Waals surface area (Å²) in [6.45, 7) is 4.85. The molecule has 0 unspecified atom stereocenters. The summed E-state index contributed by atoms with van der Waals surface area (Å²) >= 11 is 0. The van der Waals surface area contributed by atoms with Crippen LogP contribution in [-0.4, -0.2) is 31.3 Å². The Bertz CT molecular complexity index is 913. The van der Waals surface area contributed by atoms with Gasteiger partial charge in [-0.1, -0.05) is 12.1 Å². The van der Waals surface area contributed by atoms with Gasteiger partial charge in [-0.15, -0.1) is 0 Å². The van der Waals surface area contributed by atoms with Gasteiger partial charge in [-0.3, -0.25) is 14.3 Å². The second kappa shape index (κ2) is 6.48. The maximum absolute atomic E-state index is 12.5. The number of H-pyrrole nitrogens is 1. The molecular weight excluding hydrogens is 330 g/mol. The van der Waals surface area contributed by atoms with Gasteiger partial charge in [-0.2, -0.15) is 0 Å². The van der Waals surface area contributed by atoms with Gasteiger partial charge in [0.25, 0.3) is 5.91 Å². The molecule has 128 valence electrons. The first kappa shape index (κ1) is 17.7. The fraction of sp³-hybridized carbons (Fsp3) is 0.250. The van der Waals surface area contributed by atoms with Crippen molar-refractivity contribution in [3.63, 3.8) is 0 Å². The van der Waals surface area contributed by atoms with Crippen LogP contribution in [-0.2, 0) is 10.0 Å². The topological polar surface area (TPSA) is 108 Å². The van der Waals surface area contributed by atoms with Crippen LogP contribution in [0.2, 0.25) is 0 Å². The van der Waals surface area contributed by atoms with E-state index in [0.717, 1.165) is 6.26 Å². The minimum absolute atomic E-state index is 0.126. The molecule has 0 fully saturated rings. The molecule has 3 N–H and O–H groups in total. The number of para-hydroxylation sites is 2. The molecular formula is C16H19N3O4S. The van der Waals surface area contributed by atoms with Crippen LogP contribution in [0, 0.1) is 13.8 Å². The minimum atomic E-state index is -3.48. The molecule has 1 aromatic carbocycles.